The van der Waals surface area contributed by atoms with Crippen molar-refractivity contribution in [2.45, 2.75) is 44.7 Å². The lowest BCUT2D eigenvalue weighted by Crippen LogP contribution is -2.36. The Hall–Kier alpha value is -2.28. The molecule has 1 aliphatic carbocycles. The van der Waals surface area contributed by atoms with Crippen molar-refractivity contribution >= 4 is 5.52 Å². The smallest absolute Gasteiger partial charge is 0.216 e. The average Bonchev–Trinajstić information content (AvgIpc) is 3.22. The molecule has 2 fully saturated rings. The first-order valence-electron chi connectivity index (χ1n) is 9.43. The third-order valence-electron chi connectivity index (χ3n) is 5.94. The molecule has 1 unspecified atom stereocenters. The fourth-order valence-corrected chi connectivity index (χ4v) is 4.30. The Balaban J connectivity index is 1.36. The molecule has 2 aromatic heterocycles. The predicted molar refractivity (Wildman–Crippen MR) is 98.9 cm³/mol. The summed E-state index contributed by atoms with van der Waals surface area (Å²) in [5.41, 5.74) is 3.36. The van der Waals surface area contributed by atoms with E-state index < -0.39 is 5.79 Å². The van der Waals surface area contributed by atoms with Gasteiger partial charge in [-0.3, -0.25) is 0 Å². The molecule has 0 amide bonds. The third-order valence-corrected chi connectivity index (χ3v) is 5.94. The molecular formula is C21H23N3O3. The van der Waals surface area contributed by atoms with Crippen LogP contribution in [0.25, 0.3) is 5.52 Å². The SMILES string of the molecule is Cc1ncnn2c(C3(O)O[C@H](COCc4ccccc4)CC34CC4)ccc12. The van der Waals surface area contributed by atoms with Gasteiger partial charge in [0.1, 0.15) is 12.0 Å². The summed E-state index contributed by atoms with van der Waals surface area (Å²) in [7, 11) is 0. The summed E-state index contributed by atoms with van der Waals surface area (Å²) >= 11 is 0. The van der Waals surface area contributed by atoms with E-state index in [1.54, 1.807) is 4.52 Å². The largest absolute Gasteiger partial charge is 0.374 e. The molecule has 0 bridgehead atoms. The number of aliphatic hydroxyl groups is 1. The highest BCUT2D eigenvalue weighted by molar-refractivity contribution is 5.53. The number of aryl methyl sites for hydroxylation is 1. The molecule has 5 rings (SSSR count). The summed E-state index contributed by atoms with van der Waals surface area (Å²) in [6.07, 6.45) is 4.10. The topological polar surface area (TPSA) is 68.9 Å². The highest BCUT2D eigenvalue weighted by Gasteiger charge is 2.67. The van der Waals surface area contributed by atoms with Crippen molar-refractivity contribution < 1.29 is 14.6 Å². The molecule has 1 aromatic carbocycles. The molecular weight excluding hydrogens is 342 g/mol. The molecule has 140 valence electrons. The maximum absolute atomic E-state index is 11.6. The summed E-state index contributed by atoms with van der Waals surface area (Å²) in [5.74, 6) is -1.33. The van der Waals surface area contributed by atoms with Gasteiger partial charge in [0.25, 0.3) is 0 Å². The van der Waals surface area contributed by atoms with Gasteiger partial charge < -0.3 is 14.6 Å². The second-order valence-electron chi connectivity index (χ2n) is 7.73. The van der Waals surface area contributed by atoms with E-state index >= 15 is 0 Å². The van der Waals surface area contributed by atoms with E-state index in [9.17, 15) is 5.11 Å². The van der Waals surface area contributed by atoms with Crippen LogP contribution in [0.15, 0.2) is 48.8 Å². The minimum Gasteiger partial charge on any atom is -0.374 e. The molecule has 1 saturated heterocycles. The number of ether oxygens (including phenoxy) is 2. The molecule has 2 aliphatic rings. The lowest BCUT2D eigenvalue weighted by Gasteiger charge is -2.28. The fraction of sp³-hybridized carbons (Fsp3) is 0.429. The van der Waals surface area contributed by atoms with Gasteiger partial charge in [0.2, 0.25) is 5.79 Å². The number of fused-ring (bicyclic) bond motifs is 1. The molecule has 1 spiro atoms. The third kappa shape index (κ3) is 2.67. The molecule has 3 heterocycles. The summed E-state index contributed by atoms with van der Waals surface area (Å²) in [6, 6.07) is 13.9. The second-order valence-corrected chi connectivity index (χ2v) is 7.73. The number of hydrogen-bond acceptors (Lipinski definition) is 5. The van der Waals surface area contributed by atoms with Gasteiger partial charge in [-0.2, -0.15) is 5.10 Å². The van der Waals surface area contributed by atoms with Crippen molar-refractivity contribution in [3.63, 3.8) is 0 Å². The van der Waals surface area contributed by atoms with E-state index in [1.165, 1.54) is 6.33 Å². The van der Waals surface area contributed by atoms with Crippen LogP contribution in [0.3, 0.4) is 0 Å². The number of nitrogens with zero attached hydrogens (tertiary/aromatic N) is 3. The van der Waals surface area contributed by atoms with Crippen molar-refractivity contribution in [3.8, 4) is 0 Å². The van der Waals surface area contributed by atoms with E-state index in [0.29, 0.717) is 18.9 Å². The van der Waals surface area contributed by atoms with Crippen LogP contribution in [0.2, 0.25) is 0 Å². The number of benzene rings is 1. The lowest BCUT2D eigenvalue weighted by molar-refractivity contribution is -0.237. The Bertz CT molecular complexity index is 967. The standard InChI is InChI=1S/C21H23N3O3/c1-15-18-7-8-19(24(18)23-14-22-15)21(25)20(9-10-20)11-17(27-21)13-26-12-16-5-3-2-4-6-16/h2-8,14,17,25H,9-13H2,1H3/t17-,21?/m0/s1. The normalized spacial score (nSPS) is 26.1. The Morgan fingerprint density at radius 1 is 1.22 bits per heavy atom. The molecule has 1 N–H and O–H groups in total. The molecule has 1 aliphatic heterocycles. The Labute approximate surface area is 157 Å². The monoisotopic (exact) mass is 365 g/mol. The maximum Gasteiger partial charge on any atom is 0.216 e. The molecule has 1 saturated carbocycles. The van der Waals surface area contributed by atoms with Gasteiger partial charge in [-0.1, -0.05) is 30.3 Å². The van der Waals surface area contributed by atoms with Gasteiger partial charge >= 0.3 is 0 Å². The first-order chi connectivity index (χ1) is 13.1. The minimum atomic E-state index is -1.33. The number of aromatic nitrogens is 3. The van der Waals surface area contributed by atoms with E-state index in [-0.39, 0.29) is 11.5 Å². The van der Waals surface area contributed by atoms with E-state index in [0.717, 1.165) is 36.0 Å². The zero-order chi connectivity index (χ0) is 18.5. The van der Waals surface area contributed by atoms with Gasteiger partial charge in [-0.15, -0.1) is 0 Å². The molecule has 6 heteroatoms. The Morgan fingerprint density at radius 3 is 2.81 bits per heavy atom. The van der Waals surface area contributed by atoms with E-state index in [1.807, 2.05) is 49.4 Å². The maximum atomic E-state index is 11.6. The van der Waals surface area contributed by atoms with Crippen molar-refractivity contribution in [2.75, 3.05) is 6.61 Å². The summed E-state index contributed by atoms with van der Waals surface area (Å²) in [5, 5.41) is 15.9. The van der Waals surface area contributed by atoms with Crippen LogP contribution >= 0.6 is 0 Å². The van der Waals surface area contributed by atoms with Gasteiger partial charge in [0, 0.05) is 5.41 Å². The second kappa shape index (κ2) is 6.12. The molecule has 3 aromatic rings. The van der Waals surface area contributed by atoms with Crippen LogP contribution in [0.5, 0.6) is 0 Å². The average molecular weight is 365 g/mol. The molecule has 27 heavy (non-hydrogen) atoms. The molecule has 6 nitrogen and oxygen atoms in total. The zero-order valence-electron chi connectivity index (χ0n) is 15.3. The quantitative estimate of drug-likeness (QED) is 0.753. The predicted octanol–water partition coefficient (Wildman–Crippen LogP) is 2.97. The summed E-state index contributed by atoms with van der Waals surface area (Å²) < 4.78 is 13.8. The number of rotatable bonds is 5. The van der Waals surface area contributed by atoms with E-state index in [2.05, 4.69) is 10.1 Å². The van der Waals surface area contributed by atoms with Crippen LogP contribution in [0.1, 0.15) is 36.2 Å². The highest BCUT2D eigenvalue weighted by Crippen LogP contribution is 2.66. The van der Waals surface area contributed by atoms with Crippen LogP contribution in [0, 0.1) is 12.3 Å². The van der Waals surface area contributed by atoms with Crippen molar-refractivity contribution in [3.05, 3.63) is 65.7 Å². The summed E-state index contributed by atoms with van der Waals surface area (Å²) in [4.78, 5) is 4.23. The minimum absolute atomic E-state index is 0.130. The lowest BCUT2D eigenvalue weighted by atomic mass is 9.90. The molecule has 0 radical (unpaired) electrons. The van der Waals surface area contributed by atoms with Crippen molar-refractivity contribution in [1.82, 2.24) is 14.6 Å². The molecule has 2 atom stereocenters. The van der Waals surface area contributed by atoms with Crippen LogP contribution in [-0.4, -0.2) is 32.4 Å². The van der Waals surface area contributed by atoms with Crippen LogP contribution in [-0.2, 0) is 21.9 Å². The van der Waals surface area contributed by atoms with Gasteiger partial charge in [-0.25, -0.2) is 9.50 Å². The van der Waals surface area contributed by atoms with Crippen LogP contribution in [0.4, 0.5) is 0 Å². The van der Waals surface area contributed by atoms with E-state index in [4.69, 9.17) is 9.47 Å². The fourth-order valence-electron chi connectivity index (χ4n) is 4.30. The van der Waals surface area contributed by atoms with Crippen molar-refractivity contribution in [1.29, 1.82) is 0 Å². The van der Waals surface area contributed by atoms with Crippen molar-refractivity contribution in [2.24, 2.45) is 5.41 Å². The van der Waals surface area contributed by atoms with Gasteiger partial charge in [-0.05, 0) is 43.9 Å². The van der Waals surface area contributed by atoms with Gasteiger partial charge in [0.05, 0.1) is 30.5 Å². The van der Waals surface area contributed by atoms with Gasteiger partial charge in [0.15, 0.2) is 0 Å². The highest BCUT2D eigenvalue weighted by atomic mass is 16.7. The summed E-state index contributed by atoms with van der Waals surface area (Å²) in [6.45, 7) is 2.95. The van der Waals surface area contributed by atoms with Crippen LogP contribution < -0.4 is 0 Å². The number of hydrogen-bond donors (Lipinski definition) is 1. The first-order valence-corrected chi connectivity index (χ1v) is 9.43. The Kier molecular flexibility index (Phi) is 3.82. The Morgan fingerprint density at radius 2 is 2.04 bits per heavy atom. The first kappa shape index (κ1) is 16.9. The zero-order valence-corrected chi connectivity index (χ0v) is 15.3.